The Morgan fingerprint density at radius 1 is 0.792 bits per heavy atom. The number of nitrogens with one attached hydrogen (secondary N) is 2. The van der Waals surface area contributed by atoms with Crippen LogP contribution in [0.2, 0.25) is 10.0 Å². The van der Waals surface area contributed by atoms with Crippen LogP contribution >= 0.6 is 23.2 Å². The summed E-state index contributed by atoms with van der Waals surface area (Å²) in [6, 6.07) is 20.6. The summed E-state index contributed by atoms with van der Waals surface area (Å²) in [5.74, 6) is 1.36. The van der Waals surface area contributed by atoms with Gasteiger partial charge in [-0.3, -0.25) is 9.59 Å². The number of para-hydroxylation sites is 1. The second-order valence-electron chi connectivity index (χ2n) is 13.9. The number of piperidine rings is 2. The van der Waals surface area contributed by atoms with Crippen LogP contribution in [0.3, 0.4) is 0 Å². The van der Waals surface area contributed by atoms with Crippen molar-refractivity contribution in [1.29, 1.82) is 0 Å². The first-order valence-corrected chi connectivity index (χ1v) is 18.2. The fraction of sp³-hybridized carbons (Fsp3) is 0.436. The third-order valence-electron chi connectivity index (χ3n) is 9.93. The lowest BCUT2D eigenvalue weighted by molar-refractivity contribution is 0.0932. The summed E-state index contributed by atoms with van der Waals surface area (Å²) in [6.07, 6.45) is 7.10. The van der Waals surface area contributed by atoms with E-state index >= 15 is 0 Å². The van der Waals surface area contributed by atoms with Gasteiger partial charge < -0.3 is 25.0 Å². The molecule has 1 aromatic heterocycles. The van der Waals surface area contributed by atoms with Gasteiger partial charge in [-0.05, 0) is 124 Å². The maximum atomic E-state index is 12.8. The van der Waals surface area contributed by atoms with Crippen molar-refractivity contribution in [2.75, 3.05) is 51.1 Å². The van der Waals surface area contributed by atoms with E-state index in [2.05, 4.69) is 69.3 Å². The number of benzene rings is 3. The maximum absolute atomic E-state index is 12.8. The molecule has 7 nitrogen and oxygen atoms in total. The van der Waals surface area contributed by atoms with Gasteiger partial charge in [0.15, 0.2) is 0 Å². The number of hydrogen-bond acceptors (Lipinski definition) is 4. The zero-order valence-electron chi connectivity index (χ0n) is 28.1. The average Bonchev–Trinajstić information content (AvgIpc) is 3.44. The van der Waals surface area contributed by atoms with Gasteiger partial charge in [0.05, 0.1) is 0 Å². The van der Waals surface area contributed by atoms with E-state index in [1.807, 2.05) is 0 Å². The molecule has 0 atom stereocenters. The smallest absolute Gasteiger partial charge is 0.255 e. The van der Waals surface area contributed by atoms with Crippen molar-refractivity contribution in [3.8, 4) is 0 Å². The Labute approximate surface area is 294 Å². The number of carbonyl (C=O) groups excluding carboxylic acids is 2. The van der Waals surface area contributed by atoms with Crippen molar-refractivity contribution in [3.05, 3.63) is 99.7 Å². The first-order chi connectivity index (χ1) is 23.2. The van der Waals surface area contributed by atoms with Gasteiger partial charge in [-0.2, -0.15) is 0 Å². The van der Waals surface area contributed by atoms with Crippen molar-refractivity contribution < 1.29 is 9.59 Å². The summed E-state index contributed by atoms with van der Waals surface area (Å²) >= 11 is 12.0. The number of rotatable bonds is 11. The summed E-state index contributed by atoms with van der Waals surface area (Å²) in [6.45, 7) is 13.1. The van der Waals surface area contributed by atoms with E-state index in [0.717, 1.165) is 45.6 Å². The molecule has 0 radical (unpaired) electrons. The third kappa shape index (κ3) is 8.80. The predicted octanol–water partition coefficient (Wildman–Crippen LogP) is 8.18. The van der Waals surface area contributed by atoms with Crippen molar-refractivity contribution in [2.45, 2.75) is 52.0 Å². The molecule has 48 heavy (non-hydrogen) atoms. The molecule has 0 saturated carbocycles. The van der Waals surface area contributed by atoms with E-state index in [4.69, 9.17) is 23.2 Å². The highest BCUT2D eigenvalue weighted by Crippen LogP contribution is 2.35. The molecule has 3 heterocycles. The van der Waals surface area contributed by atoms with Gasteiger partial charge in [-0.15, -0.1) is 0 Å². The van der Waals surface area contributed by atoms with Crippen molar-refractivity contribution in [3.63, 3.8) is 0 Å². The summed E-state index contributed by atoms with van der Waals surface area (Å²) in [5.41, 5.74) is 4.46. The van der Waals surface area contributed by atoms with Gasteiger partial charge in [0, 0.05) is 70.1 Å². The number of carbonyl (C=O) groups is 2. The van der Waals surface area contributed by atoms with Crippen LogP contribution in [0.25, 0.3) is 10.9 Å². The summed E-state index contributed by atoms with van der Waals surface area (Å²) in [4.78, 5) is 30.6. The lowest BCUT2D eigenvalue weighted by Crippen LogP contribution is -2.43. The van der Waals surface area contributed by atoms with Crippen molar-refractivity contribution >= 4 is 51.6 Å². The molecule has 2 fully saturated rings. The van der Waals surface area contributed by atoms with Crippen LogP contribution in [0.4, 0.5) is 5.69 Å². The minimum absolute atomic E-state index is 0.0928. The molecule has 0 spiro atoms. The first kappa shape index (κ1) is 34.5. The fourth-order valence-electron chi connectivity index (χ4n) is 7.24. The number of halogens is 2. The Morgan fingerprint density at radius 2 is 1.42 bits per heavy atom. The largest absolute Gasteiger partial charge is 0.352 e. The Kier molecular flexibility index (Phi) is 11.4. The van der Waals surface area contributed by atoms with E-state index in [9.17, 15) is 9.59 Å². The number of aromatic nitrogens is 1. The van der Waals surface area contributed by atoms with E-state index < -0.39 is 0 Å². The van der Waals surface area contributed by atoms with Crippen LogP contribution in [0.5, 0.6) is 0 Å². The van der Waals surface area contributed by atoms with Crippen LogP contribution in [0.15, 0.2) is 72.9 Å². The molecule has 6 rings (SSSR count). The highest BCUT2D eigenvalue weighted by atomic mass is 35.5. The Hall–Kier alpha value is -3.36. The molecular weight excluding hydrogens is 641 g/mol. The molecule has 9 heteroatoms. The highest BCUT2D eigenvalue weighted by molar-refractivity contribution is 6.35. The number of fused-ring (bicyclic) bond motifs is 1. The Morgan fingerprint density at radius 3 is 2.06 bits per heavy atom. The van der Waals surface area contributed by atoms with E-state index in [-0.39, 0.29) is 11.8 Å². The van der Waals surface area contributed by atoms with Crippen LogP contribution in [-0.4, -0.2) is 72.0 Å². The lowest BCUT2D eigenvalue weighted by atomic mass is 9.89. The quantitative estimate of drug-likeness (QED) is 0.167. The van der Waals surface area contributed by atoms with E-state index in [1.54, 1.807) is 48.0 Å². The van der Waals surface area contributed by atoms with Gasteiger partial charge in [-0.1, -0.05) is 55.2 Å². The zero-order valence-corrected chi connectivity index (χ0v) is 29.6. The number of amides is 2. The number of likely N-dealkylation sites (tertiary alicyclic amines) is 2. The lowest BCUT2D eigenvalue weighted by Gasteiger charge is -2.36. The molecule has 0 bridgehead atoms. The van der Waals surface area contributed by atoms with Gasteiger partial charge in [-0.25, -0.2) is 0 Å². The standard InChI is InChI=1S/C39H47Cl2N5O2/c1-27(2)25-46-26-36(35-5-3-4-6-37(35)46)29-13-17-45(18-14-29)20-19-44-15-11-28(12-16-44)24-42-38(47)30-7-9-34(10-8-30)43-39(48)31-21-32(40)23-33(41)22-31/h3-10,21-23,26-29H,11-20,24-25H2,1-2H3,(H,42,47)(H,43,48). The molecule has 0 unspecified atom stereocenters. The van der Waals surface area contributed by atoms with E-state index in [1.165, 1.54) is 36.8 Å². The van der Waals surface area contributed by atoms with Crippen molar-refractivity contribution in [2.24, 2.45) is 11.8 Å². The van der Waals surface area contributed by atoms with Gasteiger partial charge >= 0.3 is 0 Å². The predicted molar refractivity (Wildman–Crippen MR) is 198 cm³/mol. The zero-order chi connectivity index (χ0) is 33.6. The summed E-state index contributed by atoms with van der Waals surface area (Å²) < 4.78 is 2.47. The molecule has 2 aliphatic rings. The average molecular weight is 689 g/mol. The normalized spacial score (nSPS) is 16.9. The molecule has 2 aliphatic heterocycles. The molecule has 254 valence electrons. The molecule has 0 aliphatic carbocycles. The third-order valence-corrected chi connectivity index (χ3v) is 10.4. The number of anilines is 1. The number of hydrogen-bond donors (Lipinski definition) is 2. The van der Waals surface area contributed by atoms with Crippen LogP contribution < -0.4 is 10.6 Å². The maximum Gasteiger partial charge on any atom is 0.255 e. The summed E-state index contributed by atoms with van der Waals surface area (Å²) in [5, 5.41) is 8.18. The van der Waals surface area contributed by atoms with Crippen molar-refractivity contribution in [1.82, 2.24) is 19.7 Å². The molecular formula is C39H47Cl2N5O2. The van der Waals surface area contributed by atoms with E-state index in [0.29, 0.717) is 51.2 Å². The van der Waals surface area contributed by atoms with Gasteiger partial charge in [0.2, 0.25) is 0 Å². The topological polar surface area (TPSA) is 69.6 Å². The highest BCUT2D eigenvalue weighted by Gasteiger charge is 2.25. The second-order valence-corrected chi connectivity index (χ2v) is 14.8. The van der Waals surface area contributed by atoms with Crippen LogP contribution in [-0.2, 0) is 6.54 Å². The Bertz CT molecular complexity index is 1680. The minimum atomic E-state index is -0.315. The number of nitrogens with zero attached hydrogens (tertiary/aromatic N) is 3. The molecule has 2 N–H and O–H groups in total. The monoisotopic (exact) mass is 687 g/mol. The first-order valence-electron chi connectivity index (χ1n) is 17.4. The van der Waals surface area contributed by atoms with Crippen LogP contribution in [0, 0.1) is 11.8 Å². The molecule has 4 aromatic rings. The Balaban J connectivity index is 0.889. The summed E-state index contributed by atoms with van der Waals surface area (Å²) in [7, 11) is 0. The second kappa shape index (κ2) is 15.9. The molecule has 2 saturated heterocycles. The molecule has 3 aromatic carbocycles. The SMILES string of the molecule is CC(C)Cn1cc(C2CCN(CCN3CCC(CNC(=O)c4ccc(NC(=O)c5cc(Cl)cc(Cl)c5)cc4)CC3)CC2)c2ccccc21. The fourth-order valence-corrected chi connectivity index (χ4v) is 7.77. The minimum Gasteiger partial charge on any atom is -0.352 e. The van der Waals surface area contributed by atoms with Crippen LogP contribution in [0.1, 0.15) is 71.7 Å². The van der Waals surface area contributed by atoms with Gasteiger partial charge in [0.1, 0.15) is 0 Å². The van der Waals surface area contributed by atoms with Gasteiger partial charge in [0.25, 0.3) is 11.8 Å². The molecule has 2 amide bonds.